The molecule has 2 heterocycles. The van der Waals surface area contributed by atoms with Crippen molar-refractivity contribution >= 4 is 17.6 Å². The van der Waals surface area contributed by atoms with E-state index in [0.717, 1.165) is 5.69 Å². The van der Waals surface area contributed by atoms with Crippen LogP contribution in [0.1, 0.15) is 12.1 Å². The summed E-state index contributed by atoms with van der Waals surface area (Å²) in [5.74, 6) is -1.32. The van der Waals surface area contributed by atoms with Gasteiger partial charge in [-0.25, -0.2) is 4.79 Å². The van der Waals surface area contributed by atoms with Gasteiger partial charge in [-0.1, -0.05) is 0 Å². The first-order chi connectivity index (χ1) is 7.09. The van der Waals surface area contributed by atoms with Crippen LogP contribution in [-0.2, 0) is 9.59 Å². The van der Waals surface area contributed by atoms with Gasteiger partial charge in [-0.3, -0.25) is 14.8 Å². The van der Waals surface area contributed by atoms with Crippen LogP contribution in [0.4, 0.5) is 5.69 Å². The van der Waals surface area contributed by atoms with Crippen LogP contribution in [0.5, 0.6) is 0 Å². The van der Waals surface area contributed by atoms with Crippen molar-refractivity contribution in [2.24, 2.45) is 0 Å². The van der Waals surface area contributed by atoms with Gasteiger partial charge in [0.25, 0.3) is 0 Å². The molecule has 0 aromatic carbocycles. The zero-order valence-electron chi connectivity index (χ0n) is 8.02. The quantitative estimate of drug-likeness (QED) is 0.735. The van der Waals surface area contributed by atoms with Crippen molar-refractivity contribution in [2.45, 2.75) is 13.3 Å². The molecule has 1 aromatic heterocycles. The van der Waals surface area contributed by atoms with E-state index < -0.39 is 5.97 Å². The third-order valence-electron chi connectivity index (χ3n) is 2.23. The Morgan fingerprint density at radius 1 is 1.67 bits per heavy atom. The largest absolute Gasteiger partial charge is 0.478 e. The van der Waals surface area contributed by atoms with Crippen molar-refractivity contribution in [3.8, 4) is 0 Å². The predicted octanol–water partition coefficient (Wildman–Crippen LogP) is 0.423. The van der Waals surface area contributed by atoms with E-state index >= 15 is 0 Å². The number of hydrogen-bond donors (Lipinski definition) is 2. The predicted molar refractivity (Wildman–Crippen MR) is 51.1 cm³/mol. The van der Waals surface area contributed by atoms with Crippen molar-refractivity contribution in [2.75, 3.05) is 4.90 Å². The summed E-state index contributed by atoms with van der Waals surface area (Å²) >= 11 is 0. The second kappa shape index (κ2) is 3.23. The fraction of sp³-hybridized carbons (Fsp3) is 0.222. The van der Waals surface area contributed by atoms with Crippen LogP contribution in [-0.4, -0.2) is 27.2 Å². The number of H-pyrrole nitrogens is 1. The maximum Gasteiger partial charge on any atom is 0.333 e. The summed E-state index contributed by atoms with van der Waals surface area (Å²) in [6.45, 7) is 1.77. The molecule has 0 aliphatic carbocycles. The number of aryl methyl sites for hydroxylation is 1. The van der Waals surface area contributed by atoms with Crippen LogP contribution in [0.15, 0.2) is 18.0 Å². The van der Waals surface area contributed by atoms with Crippen LogP contribution in [0.2, 0.25) is 0 Å². The van der Waals surface area contributed by atoms with Gasteiger partial charge in [0, 0.05) is 6.20 Å². The van der Waals surface area contributed by atoms with Crippen LogP contribution < -0.4 is 4.90 Å². The molecule has 0 bridgehead atoms. The number of aliphatic carboxylic acids is 1. The topological polar surface area (TPSA) is 86.3 Å². The van der Waals surface area contributed by atoms with Gasteiger partial charge < -0.3 is 5.11 Å². The van der Waals surface area contributed by atoms with E-state index in [1.165, 1.54) is 17.3 Å². The summed E-state index contributed by atoms with van der Waals surface area (Å²) in [5, 5.41) is 15.2. The number of amides is 1. The Bertz CT molecular complexity index is 461. The zero-order chi connectivity index (χ0) is 11.0. The number of carboxylic acids is 1. The number of nitrogens with zero attached hydrogens (tertiary/aromatic N) is 2. The highest BCUT2D eigenvalue weighted by Gasteiger charge is 2.28. The number of hydrogen-bond acceptors (Lipinski definition) is 3. The van der Waals surface area contributed by atoms with E-state index in [2.05, 4.69) is 10.2 Å². The standard InChI is InChI=1S/C9H9N3O3/c1-5-7(3-10-11-5)12-4-6(9(14)15)2-8(12)13/h3-4H,2H2,1H3,(H,10,11)(H,14,15). The lowest BCUT2D eigenvalue weighted by Gasteiger charge is -2.10. The smallest absolute Gasteiger partial charge is 0.333 e. The minimum absolute atomic E-state index is 0.0695. The van der Waals surface area contributed by atoms with Crippen molar-refractivity contribution in [3.63, 3.8) is 0 Å². The summed E-state index contributed by atoms with van der Waals surface area (Å²) in [5.41, 5.74) is 1.42. The molecule has 6 nitrogen and oxygen atoms in total. The first kappa shape index (κ1) is 9.45. The second-order valence-corrected chi connectivity index (χ2v) is 3.28. The van der Waals surface area contributed by atoms with E-state index in [1.54, 1.807) is 6.92 Å². The molecule has 0 saturated heterocycles. The average molecular weight is 207 g/mol. The third kappa shape index (κ3) is 1.50. The molecule has 1 amide bonds. The molecule has 0 saturated carbocycles. The molecule has 78 valence electrons. The number of rotatable bonds is 2. The normalized spacial score (nSPS) is 15.7. The van der Waals surface area contributed by atoms with E-state index in [4.69, 9.17) is 5.11 Å². The van der Waals surface area contributed by atoms with Gasteiger partial charge in [0.2, 0.25) is 5.91 Å². The molecule has 15 heavy (non-hydrogen) atoms. The van der Waals surface area contributed by atoms with Crippen molar-refractivity contribution in [1.82, 2.24) is 10.2 Å². The lowest BCUT2D eigenvalue weighted by Crippen LogP contribution is -2.19. The highest BCUT2D eigenvalue weighted by atomic mass is 16.4. The zero-order valence-corrected chi connectivity index (χ0v) is 8.02. The molecule has 0 atom stereocenters. The van der Waals surface area contributed by atoms with Crippen molar-refractivity contribution in [1.29, 1.82) is 0 Å². The van der Waals surface area contributed by atoms with Crippen LogP contribution in [0, 0.1) is 6.92 Å². The second-order valence-electron chi connectivity index (χ2n) is 3.28. The van der Waals surface area contributed by atoms with Gasteiger partial charge >= 0.3 is 5.97 Å². The number of carbonyl (C=O) groups excluding carboxylic acids is 1. The van der Waals surface area contributed by atoms with Crippen LogP contribution in [0.25, 0.3) is 0 Å². The molecule has 2 rings (SSSR count). The van der Waals surface area contributed by atoms with Crippen LogP contribution >= 0.6 is 0 Å². The molecule has 0 unspecified atom stereocenters. The summed E-state index contributed by atoms with van der Waals surface area (Å²) in [7, 11) is 0. The number of carbonyl (C=O) groups is 2. The Kier molecular flexibility index (Phi) is 2.03. The molecule has 1 aliphatic heterocycles. The summed E-state index contributed by atoms with van der Waals surface area (Å²) in [6, 6.07) is 0. The summed E-state index contributed by atoms with van der Waals surface area (Å²) in [6.07, 6.45) is 2.76. The Labute approximate surface area is 85.2 Å². The number of nitrogens with one attached hydrogen (secondary N) is 1. The van der Waals surface area contributed by atoms with Crippen molar-refractivity contribution in [3.05, 3.63) is 23.7 Å². The number of carboxylic acid groups (broad SMARTS) is 1. The van der Waals surface area contributed by atoms with Gasteiger partial charge in [0.15, 0.2) is 0 Å². The van der Waals surface area contributed by atoms with Crippen molar-refractivity contribution < 1.29 is 14.7 Å². The Morgan fingerprint density at radius 2 is 2.40 bits per heavy atom. The third-order valence-corrected chi connectivity index (χ3v) is 2.23. The van der Waals surface area contributed by atoms with Gasteiger partial charge in [0.05, 0.1) is 29.6 Å². The SMILES string of the molecule is Cc1[nH]ncc1N1C=C(C(=O)O)CC1=O. The van der Waals surface area contributed by atoms with Gasteiger partial charge in [-0.05, 0) is 6.92 Å². The van der Waals surface area contributed by atoms with E-state index in [9.17, 15) is 9.59 Å². The minimum Gasteiger partial charge on any atom is -0.478 e. The molecule has 1 aromatic rings. The molecule has 2 N–H and O–H groups in total. The molecule has 6 heteroatoms. The molecular weight excluding hydrogens is 198 g/mol. The number of aromatic amines is 1. The molecule has 1 aliphatic rings. The maximum absolute atomic E-state index is 11.5. The van der Waals surface area contributed by atoms with Gasteiger partial charge in [0.1, 0.15) is 0 Å². The minimum atomic E-state index is -1.06. The molecule has 0 radical (unpaired) electrons. The summed E-state index contributed by atoms with van der Waals surface area (Å²) < 4.78 is 0. The Hall–Kier alpha value is -2.11. The lowest BCUT2D eigenvalue weighted by molar-refractivity contribution is -0.133. The monoisotopic (exact) mass is 207 g/mol. The van der Waals surface area contributed by atoms with E-state index in [0.29, 0.717) is 5.69 Å². The Balaban J connectivity index is 2.36. The molecule has 0 spiro atoms. The fourth-order valence-electron chi connectivity index (χ4n) is 1.44. The Morgan fingerprint density at radius 3 is 2.87 bits per heavy atom. The van der Waals surface area contributed by atoms with E-state index in [1.807, 2.05) is 0 Å². The first-order valence-electron chi connectivity index (χ1n) is 4.35. The highest BCUT2D eigenvalue weighted by molar-refractivity contribution is 6.07. The molecular formula is C9H9N3O3. The fourth-order valence-corrected chi connectivity index (χ4v) is 1.44. The first-order valence-corrected chi connectivity index (χ1v) is 4.35. The average Bonchev–Trinajstić information content (AvgIpc) is 2.71. The lowest BCUT2D eigenvalue weighted by atomic mass is 10.2. The van der Waals surface area contributed by atoms with Gasteiger partial charge in [-0.2, -0.15) is 5.10 Å². The van der Waals surface area contributed by atoms with E-state index in [-0.39, 0.29) is 17.9 Å². The number of anilines is 1. The maximum atomic E-state index is 11.5. The van der Waals surface area contributed by atoms with Gasteiger partial charge in [-0.15, -0.1) is 0 Å². The highest BCUT2D eigenvalue weighted by Crippen LogP contribution is 2.25. The number of aromatic nitrogens is 2. The van der Waals surface area contributed by atoms with Crippen LogP contribution in [0.3, 0.4) is 0 Å². The molecule has 0 fully saturated rings. The summed E-state index contributed by atoms with van der Waals surface area (Å²) in [4.78, 5) is 23.5.